The average Bonchev–Trinajstić information content (AvgIpc) is 2.08. The molecular formula is C7H10FN3O. The Bertz CT molecular complexity index is 267. The lowest BCUT2D eigenvalue weighted by Crippen LogP contribution is -2.04. The van der Waals surface area contributed by atoms with Crippen LogP contribution in [0.25, 0.3) is 0 Å². The molecule has 1 heterocycles. The van der Waals surface area contributed by atoms with Gasteiger partial charge in [-0.25, -0.2) is 4.98 Å². The number of rotatable bonds is 3. The van der Waals surface area contributed by atoms with Gasteiger partial charge < -0.3 is 10.5 Å². The molecule has 0 atom stereocenters. The summed E-state index contributed by atoms with van der Waals surface area (Å²) in [6.07, 6.45) is 1.90. The highest BCUT2D eigenvalue weighted by atomic mass is 19.1. The first-order valence-corrected chi connectivity index (χ1v) is 3.64. The first-order valence-electron chi connectivity index (χ1n) is 3.64. The summed E-state index contributed by atoms with van der Waals surface area (Å²) >= 11 is 0. The third-order valence-electron chi connectivity index (χ3n) is 1.24. The normalized spacial score (nSPS) is 9.83. The molecule has 4 nitrogen and oxygen atoms in total. The van der Waals surface area contributed by atoms with E-state index in [1.54, 1.807) is 0 Å². The number of hydrogen-bond acceptors (Lipinski definition) is 4. The van der Waals surface area contributed by atoms with Crippen molar-refractivity contribution in [2.75, 3.05) is 12.3 Å². The molecule has 0 radical (unpaired) electrons. The summed E-state index contributed by atoms with van der Waals surface area (Å²) < 4.78 is 17.7. The van der Waals surface area contributed by atoms with Crippen LogP contribution in [0.4, 0.5) is 10.1 Å². The molecule has 0 unspecified atom stereocenters. The molecule has 5 heteroatoms. The first-order chi connectivity index (χ1) is 5.75. The zero-order valence-corrected chi connectivity index (χ0v) is 6.75. The van der Waals surface area contributed by atoms with Crippen LogP contribution in [0.5, 0.6) is 5.88 Å². The van der Waals surface area contributed by atoms with Crippen molar-refractivity contribution in [1.82, 2.24) is 9.97 Å². The Morgan fingerprint density at radius 1 is 1.58 bits per heavy atom. The van der Waals surface area contributed by atoms with Gasteiger partial charge in [-0.2, -0.15) is 9.37 Å². The Kier molecular flexibility index (Phi) is 2.79. The van der Waals surface area contributed by atoms with Crippen LogP contribution in [0.3, 0.4) is 0 Å². The topological polar surface area (TPSA) is 61.0 Å². The van der Waals surface area contributed by atoms with E-state index in [1.807, 2.05) is 6.92 Å². The number of ether oxygens (including phenoxy) is 1. The lowest BCUT2D eigenvalue weighted by molar-refractivity contribution is 0.304. The van der Waals surface area contributed by atoms with E-state index < -0.39 is 5.95 Å². The van der Waals surface area contributed by atoms with Gasteiger partial charge in [0.1, 0.15) is 6.33 Å². The fraction of sp³-hybridized carbons (Fsp3) is 0.429. The number of anilines is 1. The van der Waals surface area contributed by atoms with Gasteiger partial charge in [-0.3, -0.25) is 0 Å². The second kappa shape index (κ2) is 3.85. The maximum atomic E-state index is 12.7. The molecule has 0 amide bonds. The average molecular weight is 171 g/mol. The Morgan fingerprint density at radius 3 is 3.00 bits per heavy atom. The van der Waals surface area contributed by atoms with Gasteiger partial charge in [0.25, 0.3) is 0 Å². The van der Waals surface area contributed by atoms with E-state index in [9.17, 15) is 4.39 Å². The number of nitrogens with zero attached hydrogens (tertiary/aromatic N) is 2. The maximum Gasteiger partial charge on any atom is 0.243 e. The molecule has 1 aromatic rings. The van der Waals surface area contributed by atoms with Crippen molar-refractivity contribution < 1.29 is 9.13 Å². The van der Waals surface area contributed by atoms with E-state index in [0.717, 1.165) is 12.7 Å². The maximum absolute atomic E-state index is 12.7. The fourth-order valence-electron chi connectivity index (χ4n) is 0.673. The van der Waals surface area contributed by atoms with E-state index in [4.69, 9.17) is 10.5 Å². The predicted molar refractivity (Wildman–Crippen MR) is 42.2 cm³/mol. The molecule has 0 aliphatic rings. The molecule has 1 rings (SSSR count). The number of hydrogen-bond donors (Lipinski definition) is 1. The molecule has 0 saturated heterocycles. The summed E-state index contributed by atoms with van der Waals surface area (Å²) in [7, 11) is 0. The second-order valence-electron chi connectivity index (χ2n) is 2.23. The highest BCUT2D eigenvalue weighted by Gasteiger charge is 2.07. The molecule has 1 aromatic heterocycles. The molecule has 0 aliphatic heterocycles. The van der Waals surface area contributed by atoms with E-state index in [-0.39, 0.29) is 11.6 Å². The molecule has 0 bridgehead atoms. The van der Waals surface area contributed by atoms with Gasteiger partial charge in [-0.15, -0.1) is 0 Å². The van der Waals surface area contributed by atoms with Gasteiger partial charge in [0.2, 0.25) is 11.8 Å². The summed E-state index contributed by atoms with van der Waals surface area (Å²) in [5, 5.41) is 0. The van der Waals surface area contributed by atoms with Crippen LogP contribution in [-0.2, 0) is 0 Å². The summed E-state index contributed by atoms with van der Waals surface area (Å²) in [5.74, 6) is -0.625. The van der Waals surface area contributed by atoms with Crippen molar-refractivity contribution in [3.05, 3.63) is 12.3 Å². The first kappa shape index (κ1) is 8.70. The lowest BCUT2D eigenvalue weighted by atomic mass is 10.5. The van der Waals surface area contributed by atoms with Gasteiger partial charge in [-0.05, 0) is 6.42 Å². The molecule has 0 spiro atoms. The minimum atomic E-state index is -0.740. The molecule has 0 saturated carbocycles. The quantitative estimate of drug-likeness (QED) is 0.689. The van der Waals surface area contributed by atoms with E-state index >= 15 is 0 Å². The van der Waals surface area contributed by atoms with Crippen molar-refractivity contribution in [3.8, 4) is 5.88 Å². The van der Waals surface area contributed by atoms with Crippen LogP contribution in [0.1, 0.15) is 13.3 Å². The van der Waals surface area contributed by atoms with Crippen molar-refractivity contribution in [2.24, 2.45) is 0 Å². The molecule has 66 valence electrons. The number of aromatic nitrogens is 2. The number of nitrogen functional groups attached to an aromatic ring is 1. The van der Waals surface area contributed by atoms with Crippen molar-refractivity contribution in [3.63, 3.8) is 0 Å². The van der Waals surface area contributed by atoms with Crippen LogP contribution in [0, 0.1) is 5.95 Å². The standard InChI is InChI=1S/C7H10FN3O/c1-2-3-12-7-5(9)6(8)10-4-11-7/h4H,2-3,9H2,1H3. The second-order valence-corrected chi connectivity index (χ2v) is 2.23. The molecule has 0 aromatic carbocycles. The lowest BCUT2D eigenvalue weighted by Gasteiger charge is -2.04. The van der Waals surface area contributed by atoms with Gasteiger partial charge >= 0.3 is 0 Å². The Morgan fingerprint density at radius 2 is 2.33 bits per heavy atom. The predicted octanol–water partition coefficient (Wildman–Crippen LogP) is 0.987. The minimum absolute atomic E-state index is 0.115. The molecule has 12 heavy (non-hydrogen) atoms. The van der Waals surface area contributed by atoms with E-state index in [2.05, 4.69) is 9.97 Å². The van der Waals surface area contributed by atoms with Crippen molar-refractivity contribution >= 4 is 5.69 Å². The number of halogens is 1. The van der Waals surface area contributed by atoms with Gasteiger partial charge in [-0.1, -0.05) is 6.92 Å². The van der Waals surface area contributed by atoms with Crippen LogP contribution < -0.4 is 10.5 Å². The van der Waals surface area contributed by atoms with Crippen LogP contribution in [-0.4, -0.2) is 16.6 Å². The van der Waals surface area contributed by atoms with E-state index in [0.29, 0.717) is 6.61 Å². The third kappa shape index (κ3) is 1.81. The summed E-state index contributed by atoms with van der Waals surface area (Å²) in [4.78, 5) is 6.94. The zero-order valence-electron chi connectivity index (χ0n) is 6.75. The van der Waals surface area contributed by atoms with E-state index in [1.165, 1.54) is 0 Å². The van der Waals surface area contributed by atoms with Gasteiger partial charge in [0, 0.05) is 0 Å². The summed E-state index contributed by atoms with van der Waals surface area (Å²) in [6, 6.07) is 0. The highest BCUT2D eigenvalue weighted by molar-refractivity contribution is 5.45. The molecule has 0 aliphatic carbocycles. The van der Waals surface area contributed by atoms with Crippen LogP contribution in [0.2, 0.25) is 0 Å². The molecular weight excluding hydrogens is 161 g/mol. The zero-order chi connectivity index (χ0) is 8.97. The van der Waals surface area contributed by atoms with Crippen molar-refractivity contribution in [1.29, 1.82) is 0 Å². The summed E-state index contributed by atoms with van der Waals surface area (Å²) in [6.45, 7) is 2.41. The third-order valence-corrected chi connectivity index (χ3v) is 1.24. The van der Waals surface area contributed by atoms with Gasteiger partial charge in [0.15, 0.2) is 5.69 Å². The van der Waals surface area contributed by atoms with Crippen LogP contribution >= 0.6 is 0 Å². The minimum Gasteiger partial charge on any atom is -0.476 e. The van der Waals surface area contributed by atoms with Gasteiger partial charge in [0.05, 0.1) is 6.61 Å². The van der Waals surface area contributed by atoms with Crippen molar-refractivity contribution in [2.45, 2.75) is 13.3 Å². The highest BCUT2D eigenvalue weighted by Crippen LogP contribution is 2.18. The Balaban J connectivity index is 2.78. The number of nitrogens with two attached hydrogens (primary N) is 1. The fourth-order valence-corrected chi connectivity index (χ4v) is 0.673. The Hall–Kier alpha value is -1.39. The monoisotopic (exact) mass is 171 g/mol. The Labute approximate surface area is 69.6 Å². The largest absolute Gasteiger partial charge is 0.476 e. The van der Waals surface area contributed by atoms with Crippen LogP contribution in [0.15, 0.2) is 6.33 Å². The SMILES string of the molecule is CCCOc1ncnc(F)c1N. The molecule has 2 N–H and O–H groups in total. The summed E-state index contributed by atoms with van der Waals surface area (Å²) in [5.41, 5.74) is 5.16. The molecule has 0 fully saturated rings. The smallest absolute Gasteiger partial charge is 0.243 e.